The molecule has 0 aliphatic rings. The number of carbonyl (C=O) groups is 1. The van der Waals surface area contributed by atoms with Crippen LogP contribution in [0.3, 0.4) is 0 Å². The lowest BCUT2D eigenvalue weighted by Gasteiger charge is -2.14. The summed E-state index contributed by atoms with van der Waals surface area (Å²) in [5, 5.41) is 23.4. The lowest BCUT2D eigenvalue weighted by Crippen LogP contribution is -2.13. The summed E-state index contributed by atoms with van der Waals surface area (Å²) in [7, 11) is 1.46. The fraction of sp³-hybridized carbons (Fsp3) is 0.0968. The maximum absolute atomic E-state index is 12.8. The van der Waals surface area contributed by atoms with Crippen molar-refractivity contribution in [3.05, 3.63) is 128 Å². The van der Waals surface area contributed by atoms with Crippen molar-refractivity contribution in [2.75, 3.05) is 12.4 Å². The minimum atomic E-state index is -0.577. The van der Waals surface area contributed by atoms with E-state index in [1.165, 1.54) is 25.3 Å². The van der Waals surface area contributed by atoms with Crippen molar-refractivity contribution in [2.45, 2.75) is 13.2 Å². The lowest BCUT2D eigenvalue weighted by atomic mass is 10.1. The maximum atomic E-state index is 12.8. The second-order valence-corrected chi connectivity index (χ2v) is 9.53. The quantitative estimate of drug-likeness (QED) is 0.0830. The highest BCUT2D eigenvalue weighted by atomic mass is 79.9. The van der Waals surface area contributed by atoms with Crippen LogP contribution in [-0.2, 0) is 18.0 Å². The van der Waals surface area contributed by atoms with E-state index in [0.29, 0.717) is 45.1 Å². The Morgan fingerprint density at radius 1 is 0.976 bits per heavy atom. The summed E-state index contributed by atoms with van der Waals surface area (Å²) in [6.07, 6.45) is 1.43. The number of hydrogen-bond donors (Lipinski definition) is 1. The van der Waals surface area contributed by atoms with Gasteiger partial charge in [-0.25, -0.2) is 0 Å². The predicted molar refractivity (Wildman–Crippen MR) is 158 cm³/mol. The van der Waals surface area contributed by atoms with Crippen molar-refractivity contribution in [3.63, 3.8) is 0 Å². The third-order valence-corrected chi connectivity index (χ3v) is 6.38. The fourth-order valence-corrected chi connectivity index (χ4v) is 4.34. The van der Waals surface area contributed by atoms with Crippen molar-refractivity contribution in [3.8, 4) is 23.3 Å². The summed E-state index contributed by atoms with van der Waals surface area (Å²) in [5.74, 6) is 0.785. The molecule has 0 bridgehead atoms. The van der Waals surface area contributed by atoms with E-state index >= 15 is 0 Å². The summed E-state index contributed by atoms with van der Waals surface area (Å²) in [5.41, 5.74) is 2.52. The van der Waals surface area contributed by atoms with E-state index in [0.717, 1.165) is 5.56 Å². The second-order valence-electron chi connectivity index (χ2n) is 8.67. The fourth-order valence-electron chi connectivity index (χ4n) is 3.77. The van der Waals surface area contributed by atoms with Crippen LogP contribution in [0.2, 0.25) is 0 Å². The Hall–Kier alpha value is -5.14. The number of carbonyl (C=O) groups excluding carboxylic acids is 1. The minimum absolute atomic E-state index is 0.0349. The van der Waals surface area contributed by atoms with Crippen molar-refractivity contribution in [1.82, 2.24) is 0 Å². The largest absolute Gasteiger partial charge is 0.493 e. The Bertz CT molecular complexity index is 1620. The molecule has 1 amide bonds. The first-order chi connectivity index (χ1) is 19.9. The molecule has 0 unspecified atom stereocenters. The number of anilines is 1. The standard InChI is InChI=1S/C31H24BrN3O6/c1-39-29-17-23(16-28(32)30(29)41-20-22-8-5-9-26(15-22)35(37)38)14-24(18-33)31(36)34-25-10-12-27(13-11-25)40-19-21-6-3-2-4-7-21/h2-17H,19-20H2,1H3,(H,34,36)/b24-14+. The monoisotopic (exact) mass is 613 g/mol. The molecule has 0 aliphatic heterocycles. The van der Waals surface area contributed by atoms with E-state index in [2.05, 4.69) is 21.2 Å². The van der Waals surface area contributed by atoms with Gasteiger partial charge in [0, 0.05) is 17.8 Å². The highest BCUT2D eigenvalue weighted by molar-refractivity contribution is 9.10. The number of non-ortho nitro benzene ring substituents is 1. The van der Waals surface area contributed by atoms with E-state index in [1.807, 2.05) is 36.4 Å². The van der Waals surface area contributed by atoms with Crippen molar-refractivity contribution in [1.29, 1.82) is 5.26 Å². The molecule has 0 fully saturated rings. The molecule has 9 nitrogen and oxygen atoms in total. The van der Waals surface area contributed by atoms with Gasteiger partial charge in [-0.05, 0) is 75.1 Å². The Morgan fingerprint density at radius 2 is 1.68 bits per heavy atom. The number of benzene rings is 4. The SMILES string of the molecule is COc1cc(/C=C(\C#N)C(=O)Nc2ccc(OCc3ccccc3)cc2)cc(Br)c1OCc1cccc([N+](=O)[O-])c1. The smallest absolute Gasteiger partial charge is 0.269 e. The van der Waals surface area contributed by atoms with Crippen molar-refractivity contribution >= 4 is 39.3 Å². The number of methoxy groups -OCH3 is 1. The summed E-state index contributed by atoms with van der Waals surface area (Å²) >= 11 is 3.45. The second kappa shape index (κ2) is 13.8. The summed E-state index contributed by atoms with van der Waals surface area (Å²) < 4.78 is 17.6. The lowest BCUT2D eigenvalue weighted by molar-refractivity contribution is -0.384. The number of nitrogens with zero attached hydrogens (tertiary/aromatic N) is 2. The summed E-state index contributed by atoms with van der Waals surface area (Å²) in [4.78, 5) is 23.4. The van der Waals surface area contributed by atoms with Crippen LogP contribution in [0.1, 0.15) is 16.7 Å². The van der Waals surface area contributed by atoms with E-state index < -0.39 is 10.8 Å². The van der Waals surface area contributed by atoms with E-state index in [4.69, 9.17) is 14.2 Å². The molecule has 0 atom stereocenters. The van der Waals surface area contributed by atoms with Gasteiger partial charge in [-0.1, -0.05) is 42.5 Å². The molecule has 0 aromatic heterocycles. The molecule has 41 heavy (non-hydrogen) atoms. The van der Waals surface area contributed by atoms with Crippen LogP contribution in [0, 0.1) is 21.4 Å². The first kappa shape index (κ1) is 28.9. The van der Waals surface area contributed by atoms with E-state index in [1.54, 1.807) is 48.5 Å². The summed E-state index contributed by atoms with van der Waals surface area (Å²) in [6, 6.07) is 28.0. The van der Waals surface area contributed by atoms with Gasteiger partial charge >= 0.3 is 0 Å². The van der Waals surface area contributed by atoms with Crippen LogP contribution in [-0.4, -0.2) is 17.9 Å². The number of rotatable bonds is 11. The number of ether oxygens (including phenoxy) is 3. The number of halogens is 1. The predicted octanol–water partition coefficient (Wildman–Crippen LogP) is 7.07. The van der Waals surface area contributed by atoms with E-state index in [9.17, 15) is 20.2 Å². The van der Waals surface area contributed by atoms with Gasteiger partial charge in [0.1, 0.15) is 30.6 Å². The van der Waals surface area contributed by atoms with Gasteiger partial charge in [0.15, 0.2) is 11.5 Å². The maximum Gasteiger partial charge on any atom is 0.269 e. The number of nitriles is 1. The highest BCUT2D eigenvalue weighted by Crippen LogP contribution is 2.38. The van der Waals surface area contributed by atoms with Crippen molar-refractivity contribution < 1.29 is 23.9 Å². The zero-order valence-corrected chi connectivity index (χ0v) is 23.5. The van der Waals surface area contributed by atoms with Gasteiger partial charge in [0.25, 0.3) is 11.6 Å². The third-order valence-electron chi connectivity index (χ3n) is 5.79. The molecule has 0 heterocycles. The highest BCUT2D eigenvalue weighted by Gasteiger charge is 2.15. The Labute approximate surface area is 244 Å². The van der Waals surface area contributed by atoms with Gasteiger partial charge in [0.05, 0.1) is 16.5 Å². The van der Waals surface area contributed by atoms with Crippen molar-refractivity contribution in [2.24, 2.45) is 0 Å². The Balaban J connectivity index is 1.43. The molecular weight excluding hydrogens is 590 g/mol. The van der Waals surface area contributed by atoms with Gasteiger partial charge in [0.2, 0.25) is 0 Å². The Kier molecular flexibility index (Phi) is 9.70. The van der Waals surface area contributed by atoms with Crippen LogP contribution in [0.25, 0.3) is 6.08 Å². The zero-order valence-electron chi connectivity index (χ0n) is 21.9. The van der Waals surface area contributed by atoms with Gasteiger partial charge < -0.3 is 19.5 Å². The van der Waals surface area contributed by atoms with Gasteiger partial charge in [-0.3, -0.25) is 14.9 Å². The first-order valence-corrected chi connectivity index (χ1v) is 13.1. The molecule has 4 aromatic rings. The topological polar surface area (TPSA) is 124 Å². The first-order valence-electron chi connectivity index (χ1n) is 12.3. The molecule has 0 saturated carbocycles. The van der Waals surface area contributed by atoms with Gasteiger partial charge in [-0.2, -0.15) is 5.26 Å². The van der Waals surface area contributed by atoms with Crippen LogP contribution < -0.4 is 19.5 Å². The zero-order chi connectivity index (χ0) is 29.2. The molecule has 0 radical (unpaired) electrons. The number of amides is 1. The van der Waals surface area contributed by atoms with Crippen LogP contribution in [0.5, 0.6) is 17.2 Å². The molecule has 0 aliphatic carbocycles. The molecule has 10 heteroatoms. The Morgan fingerprint density at radius 3 is 2.37 bits per heavy atom. The average molecular weight is 614 g/mol. The average Bonchev–Trinajstić information content (AvgIpc) is 2.99. The molecule has 206 valence electrons. The number of nitrogens with one attached hydrogen (secondary N) is 1. The normalized spacial score (nSPS) is 10.8. The number of nitro benzene ring substituents is 1. The van der Waals surface area contributed by atoms with Crippen LogP contribution in [0.15, 0.2) is 101 Å². The molecule has 4 rings (SSSR count). The summed E-state index contributed by atoms with van der Waals surface area (Å²) in [6.45, 7) is 0.485. The molecular formula is C31H24BrN3O6. The van der Waals surface area contributed by atoms with Crippen LogP contribution >= 0.6 is 15.9 Å². The van der Waals surface area contributed by atoms with Gasteiger partial charge in [-0.15, -0.1) is 0 Å². The number of hydrogen-bond acceptors (Lipinski definition) is 7. The minimum Gasteiger partial charge on any atom is -0.493 e. The molecule has 0 spiro atoms. The molecule has 1 N–H and O–H groups in total. The van der Waals surface area contributed by atoms with Crippen LogP contribution in [0.4, 0.5) is 11.4 Å². The molecule has 0 saturated heterocycles. The number of nitro groups is 1. The molecule has 4 aromatic carbocycles. The van der Waals surface area contributed by atoms with E-state index in [-0.39, 0.29) is 17.9 Å². The third kappa shape index (κ3) is 7.94.